The molecule has 0 bridgehead atoms. The molecule has 8 nitrogen and oxygen atoms in total. The van der Waals surface area contributed by atoms with Crippen LogP contribution in [0.25, 0.3) is 11.4 Å². The molecule has 1 aliphatic heterocycles. The van der Waals surface area contributed by atoms with Gasteiger partial charge in [0.15, 0.2) is 0 Å². The van der Waals surface area contributed by atoms with Crippen molar-refractivity contribution in [1.29, 1.82) is 0 Å². The van der Waals surface area contributed by atoms with E-state index in [-0.39, 0.29) is 11.7 Å². The second-order valence-electron chi connectivity index (χ2n) is 7.76. The predicted molar refractivity (Wildman–Crippen MR) is 114 cm³/mol. The first-order valence-electron chi connectivity index (χ1n) is 9.89. The Morgan fingerprint density at radius 2 is 1.97 bits per heavy atom. The van der Waals surface area contributed by atoms with Crippen molar-refractivity contribution >= 4 is 5.95 Å². The summed E-state index contributed by atoms with van der Waals surface area (Å²) in [6.45, 7) is 5.72. The third-order valence-electron chi connectivity index (χ3n) is 5.20. The summed E-state index contributed by atoms with van der Waals surface area (Å²) in [4.78, 5) is 27.5. The van der Waals surface area contributed by atoms with E-state index in [2.05, 4.69) is 14.9 Å². The number of rotatable bonds is 5. The highest BCUT2D eigenvalue weighted by Gasteiger charge is 2.37. The van der Waals surface area contributed by atoms with Crippen molar-refractivity contribution in [2.75, 3.05) is 24.6 Å². The summed E-state index contributed by atoms with van der Waals surface area (Å²) in [6.07, 6.45) is 2.88. The highest BCUT2D eigenvalue weighted by molar-refractivity contribution is 5.55. The summed E-state index contributed by atoms with van der Waals surface area (Å²) >= 11 is 0. The van der Waals surface area contributed by atoms with Gasteiger partial charge in [0.2, 0.25) is 5.95 Å². The number of para-hydroxylation sites is 1. The van der Waals surface area contributed by atoms with E-state index in [1.807, 2.05) is 44.2 Å². The highest BCUT2D eigenvalue weighted by Crippen LogP contribution is 2.27. The maximum Gasteiger partial charge on any atom is 0.255 e. The van der Waals surface area contributed by atoms with Crippen molar-refractivity contribution in [2.24, 2.45) is 7.05 Å². The van der Waals surface area contributed by atoms with Crippen molar-refractivity contribution in [1.82, 2.24) is 19.5 Å². The monoisotopic (exact) mass is 407 g/mol. The van der Waals surface area contributed by atoms with Gasteiger partial charge in [0.1, 0.15) is 23.8 Å². The molecule has 0 N–H and O–H groups in total. The molecule has 1 aromatic carbocycles. The van der Waals surface area contributed by atoms with Crippen molar-refractivity contribution < 1.29 is 9.47 Å². The van der Waals surface area contributed by atoms with Crippen LogP contribution in [0.1, 0.15) is 13.8 Å². The summed E-state index contributed by atoms with van der Waals surface area (Å²) in [5.41, 5.74) is 0.430. The van der Waals surface area contributed by atoms with Crippen LogP contribution in [0, 0.1) is 0 Å². The number of benzene rings is 1. The highest BCUT2D eigenvalue weighted by atomic mass is 16.6. The number of hydrogen-bond acceptors (Lipinski definition) is 7. The van der Waals surface area contributed by atoms with Gasteiger partial charge in [0.25, 0.3) is 5.56 Å². The molecule has 156 valence electrons. The summed E-state index contributed by atoms with van der Waals surface area (Å²) < 4.78 is 13.8. The normalized spacial score (nSPS) is 17.0. The van der Waals surface area contributed by atoms with Crippen LogP contribution in [0.5, 0.6) is 5.75 Å². The molecule has 0 saturated carbocycles. The first kappa shape index (κ1) is 20.0. The lowest BCUT2D eigenvalue weighted by Gasteiger charge is -2.41. The minimum Gasteiger partial charge on any atom is -0.485 e. The number of morpholine rings is 1. The molecule has 0 spiro atoms. The molecule has 30 heavy (non-hydrogen) atoms. The van der Waals surface area contributed by atoms with Crippen molar-refractivity contribution in [3.63, 3.8) is 0 Å². The fourth-order valence-corrected chi connectivity index (χ4v) is 3.49. The van der Waals surface area contributed by atoms with Crippen LogP contribution in [0.15, 0.2) is 59.8 Å². The molecule has 2 aromatic heterocycles. The molecule has 3 aromatic rings. The smallest absolute Gasteiger partial charge is 0.255 e. The molecule has 1 saturated heterocycles. The van der Waals surface area contributed by atoms with E-state index in [4.69, 9.17) is 14.5 Å². The van der Waals surface area contributed by atoms with Crippen LogP contribution in [-0.4, -0.2) is 50.9 Å². The average molecular weight is 407 g/mol. The zero-order chi connectivity index (χ0) is 21.1. The Labute approximate surface area is 175 Å². The van der Waals surface area contributed by atoms with Gasteiger partial charge in [0.05, 0.1) is 24.5 Å². The topological polar surface area (TPSA) is 82.4 Å². The first-order chi connectivity index (χ1) is 14.4. The first-order valence-corrected chi connectivity index (χ1v) is 9.89. The Balaban J connectivity index is 1.60. The molecule has 1 fully saturated rings. The minimum absolute atomic E-state index is 0.142. The van der Waals surface area contributed by atoms with E-state index in [9.17, 15) is 4.79 Å². The Bertz CT molecular complexity index is 1050. The third-order valence-corrected chi connectivity index (χ3v) is 5.20. The fraction of sp³-hybridized carbons (Fsp3) is 0.364. The Hall–Kier alpha value is -3.26. The Morgan fingerprint density at radius 1 is 1.17 bits per heavy atom. The van der Waals surface area contributed by atoms with Gasteiger partial charge in [0, 0.05) is 25.9 Å². The van der Waals surface area contributed by atoms with E-state index in [1.165, 1.54) is 12.4 Å². The maximum atomic E-state index is 12.6. The van der Waals surface area contributed by atoms with Gasteiger partial charge < -0.3 is 14.4 Å². The largest absolute Gasteiger partial charge is 0.485 e. The summed E-state index contributed by atoms with van der Waals surface area (Å²) in [5, 5.41) is 0. The second-order valence-corrected chi connectivity index (χ2v) is 7.76. The van der Waals surface area contributed by atoms with Gasteiger partial charge in [-0.3, -0.25) is 9.36 Å². The molecule has 1 aliphatic rings. The summed E-state index contributed by atoms with van der Waals surface area (Å²) in [5.74, 6) is 1.37. The predicted octanol–water partition coefficient (Wildman–Crippen LogP) is 2.30. The molecule has 0 radical (unpaired) electrons. The molecular weight excluding hydrogens is 382 g/mol. The minimum atomic E-state index is -0.566. The molecule has 0 aliphatic carbocycles. The lowest BCUT2D eigenvalue weighted by molar-refractivity contribution is -0.0791. The average Bonchev–Trinajstić information content (AvgIpc) is 2.76. The SMILES string of the molecule is Cn1c(N2CCOC(C(C)(C)Oc3ccccc3)C2)nc(-c2ccncn2)cc1=O. The van der Waals surface area contributed by atoms with Gasteiger partial charge in [-0.05, 0) is 32.0 Å². The van der Waals surface area contributed by atoms with Crippen LogP contribution in [0.2, 0.25) is 0 Å². The van der Waals surface area contributed by atoms with Crippen LogP contribution in [0.3, 0.4) is 0 Å². The van der Waals surface area contributed by atoms with Crippen LogP contribution < -0.4 is 15.2 Å². The lowest BCUT2D eigenvalue weighted by atomic mass is 9.99. The second kappa shape index (κ2) is 8.23. The molecule has 3 heterocycles. The zero-order valence-electron chi connectivity index (χ0n) is 17.4. The Kier molecular flexibility index (Phi) is 5.50. The van der Waals surface area contributed by atoms with E-state index >= 15 is 0 Å². The number of ether oxygens (including phenoxy) is 2. The molecule has 4 rings (SSSR count). The summed E-state index contributed by atoms with van der Waals surface area (Å²) in [6, 6.07) is 12.9. The number of hydrogen-bond donors (Lipinski definition) is 0. The van der Waals surface area contributed by atoms with Crippen molar-refractivity contribution in [2.45, 2.75) is 25.6 Å². The number of nitrogens with zero attached hydrogens (tertiary/aromatic N) is 5. The fourth-order valence-electron chi connectivity index (χ4n) is 3.49. The zero-order valence-corrected chi connectivity index (χ0v) is 17.4. The van der Waals surface area contributed by atoms with Gasteiger partial charge in [-0.1, -0.05) is 18.2 Å². The molecule has 0 amide bonds. The van der Waals surface area contributed by atoms with E-state index < -0.39 is 5.60 Å². The van der Waals surface area contributed by atoms with Crippen LogP contribution in [-0.2, 0) is 11.8 Å². The standard InChI is InChI=1S/C22H25N5O3/c1-22(2,30-16-7-5-4-6-8-16)19-14-27(11-12-29-19)21-25-18(13-20(28)26(21)3)17-9-10-23-15-24-17/h4-10,13,15,19H,11-12,14H2,1-3H3. The lowest BCUT2D eigenvalue weighted by Crippen LogP contribution is -2.55. The molecular formula is C22H25N5O3. The summed E-state index contributed by atoms with van der Waals surface area (Å²) in [7, 11) is 1.73. The van der Waals surface area contributed by atoms with Crippen molar-refractivity contribution in [3.8, 4) is 17.1 Å². The van der Waals surface area contributed by atoms with Crippen LogP contribution >= 0.6 is 0 Å². The van der Waals surface area contributed by atoms with Crippen LogP contribution in [0.4, 0.5) is 5.95 Å². The van der Waals surface area contributed by atoms with Gasteiger partial charge >= 0.3 is 0 Å². The Morgan fingerprint density at radius 3 is 2.70 bits per heavy atom. The number of anilines is 1. The van der Waals surface area contributed by atoms with Gasteiger partial charge in [-0.25, -0.2) is 15.0 Å². The number of aromatic nitrogens is 4. The van der Waals surface area contributed by atoms with Gasteiger partial charge in [-0.2, -0.15) is 0 Å². The van der Waals surface area contributed by atoms with E-state index in [0.29, 0.717) is 37.0 Å². The van der Waals surface area contributed by atoms with E-state index in [0.717, 1.165) is 5.75 Å². The molecule has 1 unspecified atom stereocenters. The van der Waals surface area contributed by atoms with Crippen molar-refractivity contribution in [3.05, 3.63) is 65.3 Å². The molecule has 8 heteroatoms. The molecule has 1 atom stereocenters. The van der Waals surface area contributed by atoms with Gasteiger partial charge in [-0.15, -0.1) is 0 Å². The maximum absolute atomic E-state index is 12.6. The quantitative estimate of drug-likeness (QED) is 0.642. The van der Waals surface area contributed by atoms with E-state index in [1.54, 1.807) is 23.9 Å². The third kappa shape index (κ3) is 4.18.